The number of aromatic carboxylic acids is 1. The van der Waals surface area contributed by atoms with Crippen molar-refractivity contribution in [3.05, 3.63) is 30.2 Å². The highest BCUT2D eigenvalue weighted by Crippen LogP contribution is 2.31. The molecule has 0 bridgehead atoms. The van der Waals surface area contributed by atoms with E-state index in [0.29, 0.717) is 30.4 Å². The van der Waals surface area contributed by atoms with Crippen LogP contribution in [0.3, 0.4) is 0 Å². The predicted molar refractivity (Wildman–Crippen MR) is 75.5 cm³/mol. The Morgan fingerprint density at radius 1 is 1.29 bits per heavy atom. The number of carboxylic acids is 1. The number of hydrogen-bond acceptors (Lipinski definition) is 6. The zero-order valence-corrected chi connectivity index (χ0v) is 11.8. The lowest BCUT2D eigenvalue weighted by atomic mass is 10.2. The van der Waals surface area contributed by atoms with E-state index in [-0.39, 0.29) is 11.7 Å². The summed E-state index contributed by atoms with van der Waals surface area (Å²) in [6, 6.07) is 5.36. The molecule has 112 valence electrons. The molecule has 2 aromatic rings. The molecule has 1 aromatic carbocycles. The van der Waals surface area contributed by atoms with Crippen molar-refractivity contribution in [2.45, 2.75) is 13.8 Å². The Kier molecular flexibility index (Phi) is 4.65. The number of anilines is 2. The van der Waals surface area contributed by atoms with Crippen LogP contribution in [0.15, 0.2) is 28.9 Å². The van der Waals surface area contributed by atoms with Crippen LogP contribution in [0.25, 0.3) is 0 Å². The Labute approximate surface area is 121 Å². The monoisotopic (exact) mass is 292 g/mol. The maximum Gasteiger partial charge on any atom is 0.357 e. The maximum absolute atomic E-state index is 10.7. The summed E-state index contributed by atoms with van der Waals surface area (Å²) in [5.74, 6) is 0.0893. The molecule has 0 unspecified atom stereocenters. The Balaban J connectivity index is 2.19. The van der Waals surface area contributed by atoms with Crippen LogP contribution in [0.5, 0.6) is 11.5 Å². The van der Waals surface area contributed by atoms with Crippen molar-refractivity contribution in [1.29, 1.82) is 0 Å². The number of ether oxygens (including phenoxy) is 2. The molecule has 7 heteroatoms. The number of hydrogen-bond donors (Lipinski definition) is 2. The zero-order chi connectivity index (χ0) is 15.2. The highest BCUT2D eigenvalue weighted by molar-refractivity contribution is 5.85. The third-order valence-electron chi connectivity index (χ3n) is 2.52. The number of nitrogens with zero attached hydrogens (tertiary/aromatic N) is 1. The molecule has 0 saturated heterocycles. The van der Waals surface area contributed by atoms with Crippen LogP contribution in [0.2, 0.25) is 0 Å². The van der Waals surface area contributed by atoms with Gasteiger partial charge in [0.15, 0.2) is 17.2 Å². The minimum absolute atomic E-state index is 0.0963. The van der Waals surface area contributed by atoms with Gasteiger partial charge >= 0.3 is 5.97 Å². The lowest BCUT2D eigenvalue weighted by molar-refractivity contribution is 0.0690. The maximum atomic E-state index is 10.7. The van der Waals surface area contributed by atoms with Crippen molar-refractivity contribution in [2.24, 2.45) is 0 Å². The van der Waals surface area contributed by atoms with E-state index in [9.17, 15) is 4.79 Å². The van der Waals surface area contributed by atoms with Crippen molar-refractivity contribution in [2.75, 3.05) is 18.5 Å². The van der Waals surface area contributed by atoms with Crippen molar-refractivity contribution >= 4 is 17.7 Å². The van der Waals surface area contributed by atoms with Gasteiger partial charge in [-0.3, -0.25) is 0 Å². The fourth-order valence-corrected chi connectivity index (χ4v) is 1.68. The minimum Gasteiger partial charge on any atom is -0.490 e. The number of carbonyl (C=O) groups is 1. The molecular weight excluding hydrogens is 276 g/mol. The van der Waals surface area contributed by atoms with Gasteiger partial charge in [0.05, 0.1) is 13.2 Å². The number of aromatic nitrogens is 1. The molecular formula is C14H16N2O5. The van der Waals surface area contributed by atoms with E-state index in [2.05, 4.69) is 10.3 Å². The van der Waals surface area contributed by atoms with Crippen molar-refractivity contribution in [1.82, 2.24) is 4.98 Å². The number of carboxylic acid groups (broad SMARTS) is 1. The van der Waals surface area contributed by atoms with E-state index in [0.717, 1.165) is 6.26 Å². The van der Waals surface area contributed by atoms with Gasteiger partial charge in [0.1, 0.15) is 6.26 Å². The van der Waals surface area contributed by atoms with Crippen molar-refractivity contribution in [3.8, 4) is 11.5 Å². The second-order valence-corrected chi connectivity index (χ2v) is 4.00. The van der Waals surface area contributed by atoms with Crippen LogP contribution < -0.4 is 14.8 Å². The first-order valence-corrected chi connectivity index (χ1v) is 6.49. The molecule has 0 fully saturated rings. The van der Waals surface area contributed by atoms with Crippen LogP contribution in [-0.4, -0.2) is 29.3 Å². The molecule has 1 heterocycles. The Morgan fingerprint density at radius 3 is 2.62 bits per heavy atom. The van der Waals surface area contributed by atoms with E-state index in [1.165, 1.54) is 0 Å². The summed E-state index contributed by atoms with van der Waals surface area (Å²) in [5.41, 5.74) is 0.495. The van der Waals surface area contributed by atoms with Crippen LogP contribution in [0, 0.1) is 0 Å². The molecule has 1 aromatic heterocycles. The summed E-state index contributed by atoms with van der Waals surface area (Å²) in [6.45, 7) is 4.81. The van der Waals surface area contributed by atoms with E-state index < -0.39 is 5.97 Å². The zero-order valence-electron chi connectivity index (χ0n) is 11.8. The molecule has 2 N–H and O–H groups in total. The van der Waals surface area contributed by atoms with Crippen LogP contribution in [0.1, 0.15) is 24.3 Å². The van der Waals surface area contributed by atoms with E-state index in [1.807, 2.05) is 13.8 Å². The van der Waals surface area contributed by atoms with Gasteiger partial charge in [-0.25, -0.2) is 4.79 Å². The topological polar surface area (TPSA) is 93.8 Å². The van der Waals surface area contributed by atoms with Gasteiger partial charge in [-0.1, -0.05) is 0 Å². The molecule has 7 nitrogen and oxygen atoms in total. The minimum atomic E-state index is -1.14. The van der Waals surface area contributed by atoms with E-state index >= 15 is 0 Å². The first-order valence-electron chi connectivity index (χ1n) is 6.49. The van der Waals surface area contributed by atoms with Crippen LogP contribution in [-0.2, 0) is 0 Å². The SMILES string of the molecule is CCOc1ccc(Nc2nc(C(=O)O)co2)cc1OCC. The fraction of sp³-hybridized carbons (Fsp3) is 0.286. The first kappa shape index (κ1) is 14.7. The number of rotatable bonds is 7. The molecule has 0 saturated carbocycles. The number of nitrogens with one attached hydrogen (secondary N) is 1. The third-order valence-corrected chi connectivity index (χ3v) is 2.52. The molecule has 0 aliphatic carbocycles. The molecule has 0 amide bonds. The summed E-state index contributed by atoms with van der Waals surface area (Å²) in [7, 11) is 0. The smallest absolute Gasteiger partial charge is 0.357 e. The average Bonchev–Trinajstić information content (AvgIpc) is 2.91. The molecule has 0 radical (unpaired) electrons. The second kappa shape index (κ2) is 6.65. The Hall–Kier alpha value is -2.70. The lowest BCUT2D eigenvalue weighted by Gasteiger charge is -2.12. The quantitative estimate of drug-likeness (QED) is 0.810. The van der Waals surface area contributed by atoms with Crippen LogP contribution >= 0.6 is 0 Å². The van der Waals surface area contributed by atoms with E-state index in [4.69, 9.17) is 19.0 Å². The van der Waals surface area contributed by atoms with Gasteiger partial charge in [0.25, 0.3) is 6.01 Å². The average molecular weight is 292 g/mol. The fourth-order valence-electron chi connectivity index (χ4n) is 1.68. The summed E-state index contributed by atoms with van der Waals surface area (Å²) in [4.78, 5) is 14.5. The van der Waals surface area contributed by atoms with Gasteiger partial charge in [-0.05, 0) is 26.0 Å². The highest BCUT2D eigenvalue weighted by atomic mass is 16.5. The van der Waals surface area contributed by atoms with Gasteiger partial charge in [0.2, 0.25) is 0 Å². The largest absolute Gasteiger partial charge is 0.490 e. The molecule has 0 atom stereocenters. The summed E-state index contributed by atoms with van der Waals surface area (Å²) >= 11 is 0. The van der Waals surface area contributed by atoms with Gasteiger partial charge in [-0.15, -0.1) is 0 Å². The van der Waals surface area contributed by atoms with Gasteiger partial charge in [-0.2, -0.15) is 4.98 Å². The molecule has 0 aliphatic rings. The summed E-state index contributed by atoms with van der Waals surface area (Å²) < 4.78 is 16.0. The van der Waals surface area contributed by atoms with E-state index in [1.54, 1.807) is 18.2 Å². The normalized spacial score (nSPS) is 10.2. The van der Waals surface area contributed by atoms with Gasteiger partial charge in [0, 0.05) is 11.8 Å². The van der Waals surface area contributed by atoms with Crippen molar-refractivity contribution < 1.29 is 23.8 Å². The molecule has 0 spiro atoms. The lowest BCUT2D eigenvalue weighted by Crippen LogP contribution is -2.00. The summed E-state index contributed by atoms with van der Waals surface area (Å²) in [5, 5.41) is 11.7. The highest BCUT2D eigenvalue weighted by Gasteiger charge is 2.12. The predicted octanol–water partition coefficient (Wildman–Crippen LogP) is 2.91. The first-order chi connectivity index (χ1) is 10.1. The number of oxazole rings is 1. The molecule has 21 heavy (non-hydrogen) atoms. The third kappa shape index (κ3) is 3.65. The summed E-state index contributed by atoms with van der Waals surface area (Å²) in [6.07, 6.45) is 1.07. The molecule has 0 aliphatic heterocycles. The molecule has 2 rings (SSSR count). The standard InChI is InChI=1S/C14H16N2O5/c1-3-19-11-6-5-9(7-12(11)20-4-2)15-14-16-10(8-21-14)13(17)18/h5-8H,3-4H2,1-2H3,(H,15,16)(H,17,18). The second-order valence-electron chi connectivity index (χ2n) is 4.00. The van der Waals surface area contributed by atoms with Crippen molar-refractivity contribution in [3.63, 3.8) is 0 Å². The van der Waals surface area contributed by atoms with Crippen LogP contribution in [0.4, 0.5) is 11.7 Å². The Bertz CT molecular complexity index is 624. The van der Waals surface area contributed by atoms with Gasteiger partial charge < -0.3 is 24.3 Å². The Morgan fingerprint density at radius 2 is 2.00 bits per heavy atom. The number of benzene rings is 1.